The molecule has 0 aromatic heterocycles. The first kappa shape index (κ1) is 19.7. The van der Waals surface area contributed by atoms with E-state index in [2.05, 4.69) is 95.8 Å². The minimum atomic E-state index is 0.189. The Morgan fingerprint density at radius 1 is 1.04 bits per heavy atom. The van der Waals surface area contributed by atoms with E-state index in [9.17, 15) is 0 Å². The molecule has 144 valence electrons. The first-order valence-corrected chi connectivity index (χ1v) is 10.3. The fraction of sp³-hybridized carbons (Fsp3) is 0.480. The molecule has 1 atom stereocenters. The molecule has 3 rings (SSSR count). The van der Waals surface area contributed by atoms with E-state index in [1.807, 2.05) is 6.21 Å². The van der Waals surface area contributed by atoms with Crippen LogP contribution in [0.1, 0.15) is 83.4 Å². The second kappa shape index (κ2) is 7.50. The molecule has 0 aliphatic carbocycles. The predicted molar refractivity (Wildman–Crippen MR) is 119 cm³/mol. The number of hydrogen-bond acceptors (Lipinski definition) is 2. The van der Waals surface area contributed by atoms with Crippen molar-refractivity contribution in [3.63, 3.8) is 0 Å². The second-order valence-corrected chi connectivity index (χ2v) is 9.20. The van der Waals surface area contributed by atoms with Crippen LogP contribution in [0.25, 0.3) is 0 Å². The number of fused-ring (bicyclic) bond motifs is 1. The fourth-order valence-corrected chi connectivity index (χ4v) is 4.62. The molecule has 0 amide bonds. The minimum absolute atomic E-state index is 0.189. The molecule has 2 nitrogen and oxygen atoms in total. The molecule has 0 unspecified atom stereocenters. The van der Waals surface area contributed by atoms with Crippen molar-refractivity contribution in [2.45, 2.75) is 78.3 Å². The summed E-state index contributed by atoms with van der Waals surface area (Å²) in [5.41, 5.74) is 6.56. The summed E-state index contributed by atoms with van der Waals surface area (Å²) >= 11 is 0. The summed E-state index contributed by atoms with van der Waals surface area (Å²) in [6.45, 7) is 16.1. The van der Waals surface area contributed by atoms with E-state index in [1.54, 1.807) is 0 Å². The normalized spacial score (nSPS) is 19.1. The SMILES string of the molecule is CC(C)c1ccc(N=Cc2ccc3c(c2)[C@@H](C)CC(C)(C)N3C(C)C)cc1. The summed E-state index contributed by atoms with van der Waals surface area (Å²) in [4.78, 5) is 7.27. The van der Waals surface area contributed by atoms with Gasteiger partial charge in [0.05, 0.1) is 5.69 Å². The molecule has 0 radical (unpaired) electrons. The Morgan fingerprint density at radius 2 is 1.70 bits per heavy atom. The van der Waals surface area contributed by atoms with Crippen LogP contribution in [0.4, 0.5) is 11.4 Å². The zero-order valence-electron chi connectivity index (χ0n) is 18.0. The first-order valence-electron chi connectivity index (χ1n) is 10.3. The summed E-state index contributed by atoms with van der Waals surface area (Å²) in [7, 11) is 0. The maximum Gasteiger partial charge on any atom is 0.0630 e. The number of rotatable bonds is 4. The van der Waals surface area contributed by atoms with Crippen LogP contribution in [0.2, 0.25) is 0 Å². The van der Waals surface area contributed by atoms with Gasteiger partial charge in [0.15, 0.2) is 0 Å². The van der Waals surface area contributed by atoms with Gasteiger partial charge in [-0.1, -0.05) is 39.0 Å². The van der Waals surface area contributed by atoms with Gasteiger partial charge in [0.2, 0.25) is 0 Å². The molecule has 27 heavy (non-hydrogen) atoms. The van der Waals surface area contributed by atoms with Gasteiger partial charge in [0.1, 0.15) is 0 Å². The zero-order valence-corrected chi connectivity index (χ0v) is 18.0. The third-order valence-corrected chi connectivity index (χ3v) is 5.74. The quantitative estimate of drug-likeness (QED) is 0.531. The van der Waals surface area contributed by atoms with Crippen molar-refractivity contribution in [3.8, 4) is 0 Å². The topological polar surface area (TPSA) is 15.6 Å². The second-order valence-electron chi connectivity index (χ2n) is 9.20. The predicted octanol–water partition coefficient (Wildman–Crippen LogP) is 7.06. The van der Waals surface area contributed by atoms with Crippen LogP contribution in [0.3, 0.4) is 0 Å². The standard InChI is InChI=1S/C25H34N2/c1-17(2)21-9-11-22(12-10-21)26-16-20-8-13-24-23(14-20)19(5)15-25(6,7)27(24)18(3)4/h8-14,16-19H,15H2,1-7H3/t19-/m0/s1. The Kier molecular flexibility index (Phi) is 5.46. The molecule has 0 fully saturated rings. The van der Waals surface area contributed by atoms with E-state index in [0.29, 0.717) is 17.9 Å². The molecule has 0 N–H and O–H groups in total. The third kappa shape index (κ3) is 4.10. The smallest absolute Gasteiger partial charge is 0.0630 e. The molecule has 1 heterocycles. The molecule has 0 saturated heterocycles. The lowest BCUT2D eigenvalue weighted by Crippen LogP contribution is -2.51. The molecule has 2 aromatic carbocycles. The molecule has 1 aliphatic heterocycles. The molecular formula is C25H34N2. The Balaban J connectivity index is 1.88. The van der Waals surface area contributed by atoms with Gasteiger partial charge in [-0.05, 0) is 86.9 Å². The van der Waals surface area contributed by atoms with Gasteiger partial charge >= 0.3 is 0 Å². The van der Waals surface area contributed by atoms with Crippen molar-refractivity contribution in [3.05, 3.63) is 59.2 Å². The lowest BCUT2D eigenvalue weighted by molar-refractivity contribution is 0.356. The molecular weight excluding hydrogens is 328 g/mol. The lowest BCUT2D eigenvalue weighted by Gasteiger charge is -2.50. The number of hydrogen-bond donors (Lipinski definition) is 0. The lowest BCUT2D eigenvalue weighted by atomic mass is 9.79. The van der Waals surface area contributed by atoms with Crippen molar-refractivity contribution in [1.82, 2.24) is 0 Å². The molecule has 1 aliphatic rings. The fourth-order valence-electron chi connectivity index (χ4n) is 4.62. The Labute approximate surface area is 165 Å². The van der Waals surface area contributed by atoms with Gasteiger partial charge in [-0.15, -0.1) is 0 Å². The van der Waals surface area contributed by atoms with Crippen LogP contribution in [0.5, 0.6) is 0 Å². The number of anilines is 1. The van der Waals surface area contributed by atoms with Crippen molar-refractivity contribution in [1.29, 1.82) is 0 Å². The van der Waals surface area contributed by atoms with Crippen molar-refractivity contribution in [2.75, 3.05) is 4.90 Å². The van der Waals surface area contributed by atoms with E-state index >= 15 is 0 Å². The van der Waals surface area contributed by atoms with Gasteiger partial charge in [0, 0.05) is 23.5 Å². The van der Waals surface area contributed by atoms with E-state index in [0.717, 1.165) is 5.69 Å². The molecule has 0 spiro atoms. The van der Waals surface area contributed by atoms with Crippen LogP contribution < -0.4 is 4.90 Å². The zero-order chi connectivity index (χ0) is 19.8. The number of aliphatic imine (C=N–C) groups is 1. The van der Waals surface area contributed by atoms with Crippen LogP contribution in [-0.2, 0) is 0 Å². The summed E-state index contributed by atoms with van der Waals surface area (Å²) in [5.74, 6) is 1.11. The first-order chi connectivity index (χ1) is 12.7. The van der Waals surface area contributed by atoms with Gasteiger partial charge < -0.3 is 4.90 Å². The molecule has 2 heteroatoms. The summed E-state index contributed by atoms with van der Waals surface area (Å²) in [6.07, 6.45) is 3.17. The molecule has 0 bridgehead atoms. The third-order valence-electron chi connectivity index (χ3n) is 5.74. The Morgan fingerprint density at radius 3 is 2.30 bits per heavy atom. The average Bonchev–Trinajstić information content (AvgIpc) is 2.59. The van der Waals surface area contributed by atoms with Crippen molar-refractivity contribution < 1.29 is 0 Å². The summed E-state index contributed by atoms with van der Waals surface area (Å²) < 4.78 is 0. The highest BCUT2D eigenvalue weighted by Crippen LogP contribution is 2.44. The Bertz CT molecular complexity index is 813. The monoisotopic (exact) mass is 362 g/mol. The van der Waals surface area contributed by atoms with Gasteiger partial charge in [0.25, 0.3) is 0 Å². The minimum Gasteiger partial charge on any atom is -0.364 e. The molecule has 0 saturated carbocycles. The van der Waals surface area contributed by atoms with E-state index in [-0.39, 0.29) is 5.54 Å². The van der Waals surface area contributed by atoms with Crippen LogP contribution in [0.15, 0.2) is 47.5 Å². The van der Waals surface area contributed by atoms with E-state index in [4.69, 9.17) is 4.99 Å². The highest BCUT2D eigenvalue weighted by Gasteiger charge is 2.37. The van der Waals surface area contributed by atoms with Crippen molar-refractivity contribution >= 4 is 17.6 Å². The van der Waals surface area contributed by atoms with Gasteiger partial charge in [-0.3, -0.25) is 4.99 Å². The highest BCUT2D eigenvalue weighted by atomic mass is 15.2. The van der Waals surface area contributed by atoms with Crippen LogP contribution in [0, 0.1) is 0 Å². The maximum atomic E-state index is 4.70. The van der Waals surface area contributed by atoms with Gasteiger partial charge in [-0.2, -0.15) is 0 Å². The summed E-state index contributed by atoms with van der Waals surface area (Å²) in [6, 6.07) is 15.9. The largest absolute Gasteiger partial charge is 0.364 e. The number of benzene rings is 2. The van der Waals surface area contributed by atoms with Crippen molar-refractivity contribution in [2.24, 2.45) is 4.99 Å². The van der Waals surface area contributed by atoms with Gasteiger partial charge in [-0.25, -0.2) is 0 Å². The Hall–Kier alpha value is -2.09. The summed E-state index contributed by atoms with van der Waals surface area (Å²) in [5, 5.41) is 0. The highest BCUT2D eigenvalue weighted by molar-refractivity contribution is 5.83. The molecule has 2 aromatic rings. The van der Waals surface area contributed by atoms with E-state index in [1.165, 1.54) is 28.8 Å². The average molecular weight is 363 g/mol. The number of nitrogens with zero attached hydrogens (tertiary/aromatic N) is 2. The van der Waals surface area contributed by atoms with E-state index < -0.39 is 0 Å². The van der Waals surface area contributed by atoms with Crippen LogP contribution in [-0.4, -0.2) is 17.8 Å². The maximum absolute atomic E-state index is 4.70. The van der Waals surface area contributed by atoms with Crippen LogP contribution >= 0.6 is 0 Å².